The number of carbonyl (C=O) groups excluding carboxylic acids is 2. The molecule has 81 heavy (non-hydrogen) atoms. The van der Waals surface area contributed by atoms with Crippen LogP contribution in [0.5, 0.6) is 0 Å². The first-order valence-corrected chi connectivity index (χ1v) is 28.4. The Morgan fingerprint density at radius 2 is 0.667 bits per heavy atom. The molecule has 0 radical (unpaired) electrons. The van der Waals surface area contributed by atoms with Crippen LogP contribution in [-0.4, -0.2) is 46.3 Å². The van der Waals surface area contributed by atoms with Crippen molar-refractivity contribution < 1.29 is 19.8 Å². The molecule has 6 nitrogen and oxygen atoms in total. The van der Waals surface area contributed by atoms with Gasteiger partial charge in [-0.25, -0.2) is 0 Å². The van der Waals surface area contributed by atoms with Gasteiger partial charge in [0.15, 0.2) is 0 Å². The molecule has 12 rings (SSSR count). The molecule has 2 amide bonds. The predicted molar refractivity (Wildman–Crippen MR) is 334 cm³/mol. The van der Waals surface area contributed by atoms with Crippen molar-refractivity contribution in [2.24, 2.45) is 5.41 Å². The fourth-order valence-electron chi connectivity index (χ4n) is 13.1. The Labute approximate surface area is 473 Å². The van der Waals surface area contributed by atoms with E-state index in [0.717, 1.165) is 98.0 Å². The number of carbonyl (C=O) groups is 2. The van der Waals surface area contributed by atoms with E-state index in [0.29, 0.717) is 0 Å². The quantitative estimate of drug-likeness (QED) is 0.0644. The number of benzene rings is 12. The van der Waals surface area contributed by atoms with Crippen molar-refractivity contribution in [1.29, 1.82) is 0 Å². The van der Waals surface area contributed by atoms with Gasteiger partial charge in [-0.15, -0.1) is 0 Å². The van der Waals surface area contributed by atoms with Crippen molar-refractivity contribution in [2.75, 3.05) is 13.1 Å². The third-order valence-electron chi connectivity index (χ3n) is 17.4. The maximum absolute atomic E-state index is 15.6. The summed E-state index contributed by atoms with van der Waals surface area (Å²) in [5, 5.41) is 47.1. The lowest BCUT2D eigenvalue weighted by atomic mass is 9.72. The molecule has 12 aromatic rings. The van der Waals surface area contributed by atoms with Crippen molar-refractivity contribution in [3.05, 3.63) is 288 Å². The fraction of sp³-hybridized carbons (Fsp3) is 0.173. The lowest BCUT2D eigenvalue weighted by Crippen LogP contribution is -2.58. The van der Waals surface area contributed by atoms with Crippen molar-refractivity contribution >= 4 is 76.4 Å². The van der Waals surface area contributed by atoms with Gasteiger partial charge < -0.3 is 20.8 Å². The van der Waals surface area contributed by atoms with E-state index in [1.807, 2.05) is 98.8 Å². The van der Waals surface area contributed by atoms with Crippen molar-refractivity contribution in [2.45, 2.75) is 62.6 Å². The van der Waals surface area contributed by atoms with Crippen LogP contribution in [0.15, 0.2) is 255 Å². The van der Waals surface area contributed by atoms with Crippen LogP contribution >= 0.6 is 0 Å². The first-order chi connectivity index (χ1) is 39.5. The Balaban J connectivity index is 0.935. The fourth-order valence-corrected chi connectivity index (χ4v) is 13.1. The third kappa shape index (κ3) is 10.3. The summed E-state index contributed by atoms with van der Waals surface area (Å²) in [5.74, 6) is -2.26. The van der Waals surface area contributed by atoms with E-state index in [2.05, 4.69) is 180 Å². The monoisotopic (exact) mass is 1060 g/mol. The Hall–Kier alpha value is -8.94. The third-order valence-corrected chi connectivity index (χ3v) is 17.4. The van der Waals surface area contributed by atoms with E-state index in [1.54, 1.807) is 0 Å². The molecule has 0 spiro atoms. The number of nitrogens with one attached hydrogen (secondary N) is 2. The molecular weight excluding hydrogens is 993 g/mol. The van der Waals surface area contributed by atoms with Gasteiger partial charge >= 0.3 is 0 Å². The van der Waals surface area contributed by atoms with E-state index in [4.69, 9.17) is 0 Å². The molecule has 12 aromatic carbocycles. The van der Waals surface area contributed by atoms with E-state index in [1.165, 1.54) is 0 Å². The summed E-state index contributed by atoms with van der Waals surface area (Å²) in [6.07, 6.45) is 0.704. The van der Waals surface area contributed by atoms with Gasteiger partial charge in [0, 0.05) is 37.8 Å². The average Bonchev–Trinajstić information content (AvgIpc) is 3.70. The lowest BCUT2D eigenvalue weighted by Gasteiger charge is -2.40. The molecule has 0 saturated carbocycles. The molecular formula is C75H66N2O4. The highest BCUT2D eigenvalue weighted by Crippen LogP contribution is 2.44. The zero-order valence-electron chi connectivity index (χ0n) is 45.9. The second-order valence-electron chi connectivity index (χ2n) is 22.3. The van der Waals surface area contributed by atoms with Crippen LogP contribution in [0.25, 0.3) is 64.6 Å². The number of amides is 2. The summed E-state index contributed by atoms with van der Waals surface area (Å²) < 4.78 is 0. The van der Waals surface area contributed by atoms with Crippen molar-refractivity contribution in [1.82, 2.24) is 10.6 Å². The summed E-state index contributed by atoms with van der Waals surface area (Å²) in [6, 6.07) is 87.0. The zero-order chi connectivity index (χ0) is 55.6. The van der Waals surface area contributed by atoms with Crippen molar-refractivity contribution in [3.63, 3.8) is 0 Å². The van der Waals surface area contributed by atoms with Crippen LogP contribution in [0.1, 0.15) is 71.9 Å². The molecule has 0 aromatic heterocycles. The Morgan fingerprint density at radius 3 is 1.04 bits per heavy atom. The smallest absolute Gasteiger partial charge is 0.235 e. The van der Waals surface area contributed by atoms with E-state index in [9.17, 15) is 10.2 Å². The summed E-state index contributed by atoms with van der Waals surface area (Å²) in [4.78, 5) is 31.1. The van der Waals surface area contributed by atoms with Gasteiger partial charge in [0.2, 0.25) is 11.8 Å². The molecule has 0 fully saturated rings. The summed E-state index contributed by atoms with van der Waals surface area (Å²) >= 11 is 0. The Morgan fingerprint density at radius 1 is 0.358 bits per heavy atom. The highest BCUT2D eigenvalue weighted by atomic mass is 16.3. The molecule has 0 aliphatic heterocycles. The van der Waals surface area contributed by atoms with Gasteiger partial charge in [-0.2, -0.15) is 0 Å². The molecule has 6 heteroatoms. The first-order valence-electron chi connectivity index (χ1n) is 28.4. The van der Waals surface area contributed by atoms with E-state index in [-0.39, 0.29) is 38.8 Å². The minimum atomic E-state index is -1.64. The summed E-state index contributed by atoms with van der Waals surface area (Å²) in [6.45, 7) is 3.39. The van der Waals surface area contributed by atoms with Gasteiger partial charge in [-0.3, -0.25) is 9.59 Å². The van der Waals surface area contributed by atoms with Crippen LogP contribution in [0.3, 0.4) is 0 Å². The number of fused-ring (bicyclic) bond motifs is 6. The summed E-state index contributed by atoms with van der Waals surface area (Å²) in [5.41, 5.74) is 0.603. The predicted octanol–water partition coefficient (Wildman–Crippen LogP) is 15.6. The van der Waals surface area contributed by atoms with Crippen LogP contribution in [0.4, 0.5) is 0 Å². The number of hydrogen-bond donors (Lipinski definition) is 4. The Bertz CT molecular complexity index is 4010. The van der Waals surface area contributed by atoms with Gasteiger partial charge in [0.1, 0.15) is 5.41 Å². The van der Waals surface area contributed by atoms with Crippen LogP contribution in [0, 0.1) is 5.41 Å². The van der Waals surface area contributed by atoms with E-state index < -0.39 is 40.3 Å². The standard InChI is InChI=1S/C75H66N2O4/c1-3-73(4-2,71(78)76-49-74(80,47-51-35-37-53-19-5-9-25-59(53)43-51)69(63-41-39-55-21-7-11-27-61(55)45-63)67-33-17-29-57-23-13-15-31-65(57)67)72(79)77-50-75(81,48-52-36-38-54-20-6-10-26-60(54)44-52)70(64-42-40-56-22-8-12-28-62(56)46-64)68-34-18-30-58-24-14-16-32-66(58)68/h5-46,69-70,80-81H,3-4,47-50H2,1-2H3,(H,76,78)(H,77,79). The Kier molecular flexibility index (Phi) is 14.5. The maximum Gasteiger partial charge on any atom is 0.235 e. The minimum Gasteiger partial charge on any atom is -0.387 e. The molecule has 4 N–H and O–H groups in total. The highest BCUT2D eigenvalue weighted by molar-refractivity contribution is 6.05. The van der Waals surface area contributed by atoms with Gasteiger partial charge in [-0.05, 0) is 111 Å². The molecule has 4 atom stereocenters. The van der Waals surface area contributed by atoms with Crippen LogP contribution in [0.2, 0.25) is 0 Å². The molecule has 0 aliphatic carbocycles. The lowest BCUT2D eigenvalue weighted by molar-refractivity contribution is -0.146. The number of rotatable bonds is 18. The normalized spacial score (nSPS) is 14.2. The van der Waals surface area contributed by atoms with Crippen LogP contribution < -0.4 is 10.6 Å². The number of aliphatic hydroxyl groups is 2. The van der Waals surface area contributed by atoms with Crippen molar-refractivity contribution in [3.8, 4) is 0 Å². The topological polar surface area (TPSA) is 98.7 Å². The molecule has 4 unspecified atom stereocenters. The second-order valence-corrected chi connectivity index (χ2v) is 22.3. The highest BCUT2D eigenvalue weighted by Gasteiger charge is 2.48. The average molecular weight is 1060 g/mol. The minimum absolute atomic E-state index is 0.169. The zero-order valence-corrected chi connectivity index (χ0v) is 45.9. The van der Waals surface area contributed by atoms with Gasteiger partial charge in [-0.1, -0.05) is 269 Å². The molecule has 400 valence electrons. The number of hydrogen-bond acceptors (Lipinski definition) is 4. The molecule has 0 saturated heterocycles. The summed E-state index contributed by atoms with van der Waals surface area (Å²) in [7, 11) is 0. The molecule has 0 bridgehead atoms. The van der Waals surface area contributed by atoms with E-state index >= 15 is 9.59 Å². The van der Waals surface area contributed by atoms with Crippen LogP contribution in [-0.2, 0) is 22.4 Å². The first kappa shape index (κ1) is 52.7. The van der Waals surface area contributed by atoms with Gasteiger partial charge in [0.25, 0.3) is 0 Å². The molecule has 0 aliphatic rings. The maximum atomic E-state index is 15.6. The molecule has 0 heterocycles. The largest absolute Gasteiger partial charge is 0.387 e. The second kappa shape index (κ2) is 22.3. The van der Waals surface area contributed by atoms with Gasteiger partial charge in [0.05, 0.1) is 11.2 Å². The SMILES string of the molecule is CCC(CC)(C(=O)NCC(O)(Cc1ccc2ccccc2c1)C(c1ccc2ccccc2c1)c1cccc2ccccc12)C(=O)NCC(O)(Cc1ccc2ccccc2c1)C(c1ccc2ccccc2c1)c1cccc2ccccc12.